The molecule has 0 bridgehead atoms. The molecule has 2 aromatic rings. The maximum Gasteiger partial charge on any atom is 0.0378 e. The summed E-state index contributed by atoms with van der Waals surface area (Å²) in [6.07, 6.45) is 0. The molecule has 1 aromatic heterocycles. The van der Waals surface area contributed by atoms with Gasteiger partial charge in [-0.05, 0) is 44.3 Å². The summed E-state index contributed by atoms with van der Waals surface area (Å²) in [5, 5.41) is 4.66. The summed E-state index contributed by atoms with van der Waals surface area (Å²) < 4.78 is 1.45. The van der Waals surface area contributed by atoms with Crippen LogP contribution in [0.4, 0.5) is 0 Å². The van der Waals surface area contributed by atoms with E-state index in [1.807, 2.05) is 18.4 Å². The third-order valence-electron chi connectivity index (χ3n) is 2.80. The summed E-state index contributed by atoms with van der Waals surface area (Å²) in [5.41, 5.74) is 4.20. The van der Waals surface area contributed by atoms with Crippen LogP contribution in [0, 0.1) is 20.8 Å². The Hall–Kier alpha value is -0.860. The Kier molecular flexibility index (Phi) is 2.81. The number of fused-ring (bicyclic) bond motifs is 1. The maximum atomic E-state index is 3.23. The highest BCUT2D eigenvalue weighted by Gasteiger charge is 2.09. The van der Waals surface area contributed by atoms with Crippen molar-refractivity contribution in [3.63, 3.8) is 0 Å². The van der Waals surface area contributed by atoms with E-state index in [4.69, 9.17) is 0 Å². The van der Waals surface area contributed by atoms with E-state index in [1.165, 1.54) is 31.7 Å². The molecule has 0 aliphatic heterocycles. The third-order valence-corrected chi connectivity index (χ3v) is 4.25. The molecule has 1 heterocycles. The zero-order valence-electron chi connectivity index (χ0n) is 9.77. The van der Waals surface area contributed by atoms with Gasteiger partial charge in [0.25, 0.3) is 0 Å². The first kappa shape index (κ1) is 10.7. The van der Waals surface area contributed by atoms with Crippen molar-refractivity contribution in [1.29, 1.82) is 0 Å². The van der Waals surface area contributed by atoms with Crippen molar-refractivity contribution in [1.82, 2.24) is 5.32 Å². The minimum atomic E-state index is 0.976. The lowest BCUT2D eigenvalue weighted by molar-refractivity contribution is 0.827. The number of hydrogen-bond donors (Lipinski definition) is 1. The van der Waals surface area contributed by atoms with Crippen molar-refractivity contribution < 1.29 is 0 Å². The van der Waals surface area contributed by atoms with Crippen LogP contribution in [-0.4, -0.2) is 7.05 Å². The summed E-state index contributed by atoms with van der Waals surface area (Å²) in [4.78, 5) is 1.46. The van der Waals surface area contributed by atoms with E-state index in [-0.39, 0.29) is 0 Å². The number of nitrogens with one attached hydrogen (secondary N) is 1. The predicted molar refractivity (Wildman–Crippen MR) is 68.8 cm³/mol. The van der Waals surface area contributed by atoms with Gasteiger partial charge in [-0.3, -0.25) is 0 Å². The fourth-order valence-corrected chi connectivity index (χ4v) is 3.32. The van der Waals surface area contributed by atoms with E-state index < -0.39 is 0 Å². The summed E-state index contributed by atoms with van der Waals surface area (Å²) in [5.74, 6) is 0. The van der Waals surface area contributed by atoms with E-state index in [1.54, 1.807) is 0 Å². The van der Waals surface area contributed by atoms with Crippen LogP contribution in [0.1, 0.15) is 21.6 Å². The van der Waals surface area contributed by atoms with Crippen molar-refractivity contribution in [2.24, 2.45) is 0 Å². The molecule has 0 unspecified atom stereocenters. The van der Waals surface area contributed by atoms with Crippen molar-refractivity contribution in [2.45, 2.75) is 27.3 Å². The lowest BCUT2D eigenvalue weighted by Crippen LogP contribution is -2.03. The molecule has 1 N–H and O–H groups in total. The van der Waals surface area contributed by atoms with Gasteiger partial charge in [-0.1, -0.05) is 17.7 Å². The topological polar surface area (TPSA) is 12.0 Å². The van der Waals surface area contributed by atoms with E-state index in [0.717, 1.165) is 6.54 Å². The molecule has 0 radical (unpaired) electrons. The molecule has 0 amide bonds. The highest BCUT2D eigenvalue weighted by atomic mass is 32.1. The molecule has 0 saturated carbocycles. The van der Waals surface area contributed by atoms with Crippen LogP contribution < -0.4 is 5.32 Å². The largest absolute Gasteiger partial charge is 0.315 e. The Labute approximate surface area is 95.1 Å². The van der Waals surface area contributed by atoms with E-state index in [2.05, 4.69) is 38.2 Å². The van der Waals surface area contributed by atoms with Gasteiger partial charge in [0.2, 0.25) is 0 Å². The molecule has 0 saturated heterocycles. The molecule has 0 atom stereocenters. The predicted octanol–water partition coefficient (Wildman–Crippen LogP) is 3.55. The lowest BCUT2D eigenvalue weighted by Gasteiger charge is -1.99. The molecule has 0 aliphatic rings. The van der Waals surface area contributed by atoms with Crippen LogP contribution in [0.2, 0.25) is 0 Å². The molecular formula is C13H17NS. The Bertz CT molecular complexity index is 497. The molecular weight excluding hydrogens is 202 g/mol. The van der Waals surface area contributed by atoms with E-state index >= 15 is 0 Å². The smallest absolute Gasteiger partial charge is 0.0378 e. The van der Waals surface area contributed by atoms with Crippen LogP contribution in [0.15, 0.2) is 12.1 Å². The van der Waals surface area contributed by atoms with Gasteiger partial charge in [0, 0.05) is 16.1 Å². The van der Waals surface area contributed by atoms with E-state index in [9.17, 15) is 0 Å². The first-order chi connectivity index (χ1) is 7.13. The number of hydrogen-bond acceptors (Lipinski definition) is 2. The first-order valence-electron chi connectivity index (χ1n) is 5.27. The highest BCUT2D eigenvalue weighted by Crippen LogP contribution is 2.33. The van der Waals surface area contributed by atoms with Crippen LogP contribution >= 0.6 is 11.3 Å². The second-order valence-electron chi connectivity index (χ2n) is 4.14. The summed E-state index contributed by atoms with van der Waals surface area (Å²) in [6, 6.07) is 4.56. The highest BCUT2D eigenvalue weighted by molar-refractivity contribution is 7.19. The number of thiophene rings is 1. The Morgan fingerprint density at radius 1 is 1.20 bits per heavy atom. The van der Waals surface area contributed by atoms with Crippen LogP contribution in [0.5, 0.6) is 0 Å². The fraction of sp³-hybridized carbons (Fsp3) is 0.385. The first-order valence-corrected chi connectivity index (χ1v) is 6.09. The van der Waals surface area contributed by atoms with Gasteiger partial charge in [0.05, 0.1) is 0 Å². The van der Waals surface area contributed by atoms with Gasteiger partial charge in [-0.15, -0.1) is 11.3 Å². The Morgan fingerprint density at radius 2 is 1.93 bits per heavy atom. The number of benzene rings is 1. The Morgan fingerprint density at radius 3 is 2.60 bits per heavy atom. The molecule has 80 valence electrons. The van der Waals surface area contributed by atoms with E-state index in [0.29, 0.717) is 0 Å². The monoisotopic (exact) mass is 219 g/mol. The normalized spacial score (nSPS) is 11.2. The van der Waals surface area contributed by atoms with Crippen molar-refractivity contribution in [3.05, 3.63) is 33.7 Å². The van der Waals surface area contributed by atoms with Gasteiger partial charge in [0.1, 0.15) is 0 Å². The minimum Gasteiger partial charge on any atom is -0.315 e. The van der Waals surface area contributed by atoms with Crippen LogP contribution in [0.25, 0.3) is 10.1 Å². The molecule has 1 aromatic carbocycles. The number of rotatable bonds is 2. The van der Waals surface area contributed by atoms with Gasteiger partial charge in [0.15, 0.2) is 0 Å². The quantitative estimate of drug-likeness (QED) is 0.814. The molecule has 0 spiro atoms. The maximum absolute atomic E-state index is 3.23. The minimum absolute atomic E-state index is 0.976. The average molecular weight is 219 g/mol. The molecule has 15 heavy (non-hydrogen) atoms. The van der Waals surface area contributed by atoms with Crippen LogP contribution in [-0.2, 0) is 6.54 Å². The van der Waals surface area contributed by atoms with Crippen molar-refractivity contribution >= 4 is 21.4 Å². The fourth-order valence-electron chi connectivity index (χ4n) is 2.05. The zero-order chi connectivity index (χ0) is 11.0. The summed E-state index contributed by atoms with van der Waals surface area (Å²) in [7, 11) is 2.00. The SMILES string of the molecule is CNCc1sc2c(C)cc(C)cc2c1C. The van der Waals surface area contributed by atoms with Crippen molar-refractivity contribution in [2.75, 3.05) is 7.05 Å². The van der Waals surface area contributed by atoms with Gasteiger partial charge >= 0.3 is 0 Å². The lowest BCUT2D eigenvalue weighted by atomic mass is 10.1. The van der Waals surface area contributed by atoms with Gasteiger partial charge in [-0.25, -0.2) is 0 Å². The summed E-state index contributed by atoms with van der Waals surface area (Å²) >= 11 is 1.92. The average Bonchev–Trinajstić information content (AvgIpc) is 2.47. The standard InChI is InChI=1S/C13H17NS/c1-8-5-9(2)13-11(6-8)10(3)12(15-13)7-14-4/h5-6,14H,7H2,1-4H3. The molecule has 2 heteroatoms. The zero-order valence-corrected chi connectivity index (χ0v) is 10.6. The summed E-state index contributed by atoms with van der Waals surface area (Å²) in [6.45, 7) is 7.57. The molecule has 1 nitrogen and oxygen atoms in total. The van der Waals surface area contributed by atoms with Crippen molar-refractivity contribution in [3.8, 4) is 0 Å². The van der Waals surface area contributed by atoms with Gasteiger partial charge < -0.3 is 5.32 Å². The molecule has 2 rings (SSSR count). The second-order valence-corrected chi connectivity index (χ2v) is 5.24. The second kappa shape index (κ2) is 3.95. The number of aryl methyl sites for hydroxylation is 3. The molecule has 0 fully saturated rings. The van der Waals surface area contributed by atoms with Gasteiger partial charge in [-0.2, -0.15) is 0 Å². The van der Waals surface area contributed by atoms with Crippen LogP contribution in [0.3, 0.4) is 0 Å². The molecule has 0 aliphatic carbocycles. The Balaban J connectivity index is 2.70. The third kappa shape index (κ3) is 1.80.